The van der Waals surface area contributed by atoms with E-state index in [4.69, 9.17) is 4.74 Å². The molecule has 4 heteroatoms. The van der Waals surface area contributed by atoms with Crippen molar-refractivity contribution in [2.75, 3.05) is 7.05 Å². The first-order valence-corrected chi connectivity index (χ1v) is 20.4. The minimum atomic E-state index is -2.62. The number of carbonyl (C=O) groups excluding carboxylic acids is 1. The van der Waals surface area contributed by atoms with Crippen LogP contribution in [0.1, 0.15) is 112 Å². The predicted octanol–water partition coefficient (Wildman–Crippen LogP) is 8.19. The average Bonchev–Trinajstić information content (AvgIpc) is 2.68. The number of unbranched alkanes of at least 4 members (excludes halogenated alkanes) is 3. The van der Waals surface area contributed by atoms with Crippen LogP contribution in [0.25, 0.3) is 0 Å². The van der Waals surface area contributed by atoms with Crippen LogP contribution in [0.4, 0.5) is 4.79 Å². The summed E-state index contributed by atoms with van der Waals surface area (Å²) in [5, 5.41) is 0. The second-order valence-electron chi connectivity index (χ2n) is 10.6. The van der Waals surface area contributed by atoms with E-state index in [-0.39, 0.29) is 6.09 Å². The molecule has 0 aromatic rings. The third-order valence-electron chi connectivity index (χ3n) is 6.91. The molecule has 1 saturated carbocycles. The van der Waals surface area contributed by atoms with Gasteiger partial charge in [0.15, 0.2) is 0 Å². The molecule has 0 bridgehead atoms. The summed E-state index contributed by atoms with van der Waals surface area (Å²) in [6.07, 6.45) is 14.6. The van der Waals surface area contributed by atoms with Gasteiger partial charge < -0.3 is 0 Å². The van der Waals surface area contributed by atoms with Gasteiger partial charge in [-0.15, -0.1) is 0 Å². The molecule has 0 aromatic carbocycles. The van der Waals surface area contributed by atoms with E-state index in [9.17, 15) is 4.79 Å². The Labute approximate surface area is 186 Å². The van der Waals surface area contributed by atoms with Crippen LogP contribution < -0.4 is 0 Å². The van der Waals surface area contributed by atoms with Crippen molar-refractivity contribution in [2.45, 2.75) is 135 Å². The van der Waals surface area contributed by atoms with Crippen molar-refractivity contribution >= 4 is 24.5 Å². The van der Waals surface area contributed by atoms with E-state index >= 15 is 0 Å². The Kier molecular flexibility index (Phi) is 12.6. The number of hydrogen-bond acceptors (Lipinski definition) is 2. The number of ether oxygens (including phenoxy) is 1. The molecule has 0 aromatic heterocycles. The summed E-state index contributed by atoms with van der Waals surface area (Å²) in [5.41, 5.74) is -0.420. The number of amides is 1. The van der Waals surface area contributed by atoms with Crippen molar-refractivity contribution in [2.24, 2.45) is 5.92 Å². The van der Waals surface area contributed by atoms with Gasteiger partial charge in [0.25, 0.3) is 0 Å². The molecule has 0 N–H and O–H groups in total. The quantitative estimate of drug-likeness (QED) is 0.245. The molecule has 1 amide bonds. The zero-order chi connectivity index (χ0) is 21.9. The molecular weight excluding hydrogens is 465 g/mol. The molecule has 1 aliphatic carbocycles. The normalized spacial score (nSPS) is 17.2. The monoisotopic (exact) mass is 517 g/mol. The molecular formula is C25H51NO2Sn. The summed E-state index contributed by atoms with van der Waals surface area (Å²) in [6, 6.07) is 0. The molecule has 29 heavy (non-hydrogen) atoms. The van der Waals surface area contributed by atoms with Crippen molar-refractivity contribution in [1.29, 1.82) is 0 Å². The van der Waals surface area contributed by atoms with E-state index in [0.717, 1.165) is 0 Å². The van der Waals surface area contributed by atoms with E-state index < -0.39 is 24.0 Å². The van der Waals surface area contributed by atoms with E-state index in [2.05, 4.69) is 32.7 Å². The molecule has 172 valence electrons. The first-order valence-electron chi connectivity index (χ1n) is 12.7. The van der Waals surface area contributed by atoms with Crippen molar-refractivity contribution in [3.05, 3.63) is 0 Å². The summed E-state index contributed by atoms with van der Waals surface area (Å²) in [5.74, 6) is 0.711. The molecule has 0 saturated heterocycles. The SMILES string of the molecule is CCC[CH2][Sn]([CH2]CCC)([CH2]CCC)[CH](C1CCCCC1)N(C)C(=O)OC(C)(C)C. The first-order chi connectivity index (χ1) is 13.7. The summed E-state index contributed by atoms with van der Waals surface area (Å²) in [6.45, 7) is 13.0. The first kappa shape index (κ1) is 27.1. The molecule has 1 atom stereocenters. The van der Waals surface area contributed by atoms with Gasteiger partial charge in [-0.1, -0.05) is 0 Å². The van der Waals surface area contributed by atoms with Crippen LogP contribution in [-0.2, 0) is 4.74 Å². The van der Waals surface area contributed by atoms with E-state index in [1.807, 2.05) is 20.8 Å². The molecule has 1 rings (SSSR count). The third kappa shape index (κ3) is 8.99. The van der Waals surface area contributed by atoms with Crippen LogP contribution in [-0.4, -0.2) is 46.1 Å². The Morgan fingerprint density at radius 3 is 1.76 bits per heavy atom. The maximum atomic E-state index is 13.2. The zero-order valence-electron chi connectivity index (χ0n) is 20.8. The second-order valence-corrected chi connectivity index (χ2v) is 24.4. The van der Waals surface area contributed by atoms with Gasteiger partial charge >= 0.3 is 187 Å². The Bertz CT molecular complexity index is 432. The summed E-state index contributed by atoms with van der Waals surface area (Å²) < 4.78 is 10.8. The van der Waals surface area contributed by atoms with Crippen molar-refractivity contribution in [1.82, 2.24) is 4.90 Å². The van der Waals surface area contributed by atoms with Gasteiger partial charge in [-0.3, -0.25) is 0 Å². The second kappa shape index (κ2) is 13.5. The molecule has 3 nitrogen and oxygen atoms in total. The van der Waals surface area contributed by atoms with Gasteiger partial charge in [0.05, 0.1) is 0 Å². The summed E-state index contributed by atoms with van der Waals surface area (Å²) in [4.78, 5) is 15.4. The van der Waals surface area contributed by atoms with Gasteiger partial charge in [0.2, 0.25) is 0 Å². The fourth-order valence-corrected chi connectivity index (χ4v) is 25.7. The van der Waals surface area contributed by atoms with Gasteiger partial charge in [-0.2, -0.15) is 0 Å². The van der Waals surface area contributed by atoms with Crippen LogP contribution in [0.2, 0.25) is 13.3 Å². The Balaban J connectivity index is 3.32. The van der Waals surface area contributed by atoms with Crippen LogP contribution in [0, 0.1) is 5.92 Å². The predicted molar refractivity (Wildman–Crippen MR) is 129 cm³/mol. The number of rotatable bonds is 12. The number of nitrogens with zero attached hydrogens (tertiary/aromatic N) is 1. The maximum absolute atomic E-state index is 13.2. The molecule has 0 radical (unpaired) electrons. The summed E-state index contributed by atoms with van der Waals surface area (Å²) >= 11 is -2.62. The average molecular weight is 516 g/mol. The Hall–Kier alpha value is 0.0687. The van der Waals surface area contributed by atoms with Gasteiger partial charge in [-0.05, 0) is 0 Å². The third-order valence-corrected chi connectivity index (χ3v) is 24.5. The standard InChI is InChI=1S/C13H24NO2.3C4H9.Sn/c1-13(2,3)16-12(15)14(4)10-11-8-6-5-7-9-11;3*1-3-4-2;/h10-11H,5-9H2,1-4H3;3*1,3-4H2,2H3;. The van der Waals surface area contributed by atoms with Gasteiger partial charge in [0, 0.05) is 0 Å². The molecule has 0 aliphatic heterocycles. The Morgan fingerprint density at radius 2 is 1.38 bits per heavy atom. The summed E-state index contributed by atoms with van der Waals surface area (Å²) in [7, 11) is 2.09. The molecule has 0 spiro atoms. The van der Waals surface area contributed by atoms with E-state index in [1.165, 1.54) is 83.9 Å². The van der Waals surface area contributed by atoms with E-state index in [0.29, 0.717) is 9.98 Å². The van der Waals surface area contributed by atoms with Crippen LogP contribution in [0.3, 0.4) is 0 Å². The van der Waals surface area contributed by atoms with Crippen molar-refractivity contribution in [3.8, 4) is 0 Å². The molecule has 1 fully saturated rings. The zero-order valence-corrected chi connectivity index (χ0v) is 23.7. The van der Waals surface area contributed by atoms with Crippen LogP contribution in [0.5, 0.6) is 0 Å². The molecule has 1 unspecified atom stereocenters. The molecule has 0 heterocycles. The fourth-order valence-electron chi connectivity index (χ4n) is 5.53. The number of hydrogen-bond donors (Lipinski definition) is 0. The van der Waals surface area contributed by atoms with Gasteiger partial charge in [0.1, 0.15) is 0 Å². The number of carbonyl (C=O) groups is 1. The van der Waals surface area contributed by atoms with Crippen molar-refractivity contribution < 1.29 is 9.53 Å². The van der Waals surface area contributed by atoms with Gasteiger partial charge in [-0.25, -0.2) is 0 Å². The molecule has 1 aliphatic rings. The minimum absolute atomic E-state index is 0.0707. The van der Waals surface area contributed by atoms with Crippen LogP contribution in [0.15, 0.2) is 0 Å². The van der Waals surface area contributed by atoms with E-state index in [1.54, 1.807) is 0 Å². The van der Waals surface area contributed by atoms with Crippen molar-refractivity contribution in [3.63, 3.8) is 0 Å². The fraction of sp³-hybridized carbons (Fsp3) is 0.960. The van der Waals surface area contributed by atoms with Crippen LogP contribution >= 0.6 is 0 Å². The topological polar surface area (TPSA) is 29.5 Å². The Morgan fingerprint density at radius 1 is 0.931 bits per heavy atom.